The van der Waals surface area contributed by atoms with Gasteiger partial charge in [0, 0.05) is 49.3 Å². The van der Waals surface area contributed by atoms with E-state index >= 15 is 0 Å². The number of nitrogens with one attached hydrogen (secondary N) is 1. The van der Waals surface area contributed by atoms with Crippen LogP contribution in [0, 0.1) is 5.82 Å². The van der Waals surface area contributed by atoms with Crippen LogP contribution >= 0.6 is 11.8 Å². The highest BCUT2D eigenvalue weighted by Gasteiger charge is 2.23. The molecule has 0 bridgehead atoms. The summed E-state index contributed by atoms with van der Waals surface area (Å²) in [4.78, 5) is 28.8. The maximum Gasteiger partial charge on any atom is 0.317 e. The van der Waals surface area contributed by atoms with E-state index in [1.165, 1.54) is 29.8 Å². The van der Waals surface area contributed by atoms with Crippen molar-refractivity contribution in [3.8, 4) is 0 Å². The van der Waals surface area contributed by atoms with Gasteiger partial charge < -0.3 is 15.1 Å². The van der Waals surface area contributed by atoms with E-state index in [0.29, 0.717) is 31.7 Å². The van der Waals surface area contributed by atoms with Crippen molar-refractivity contribution < 1.29 is 14.0 Å². The third-order valence-corrected chi connectivity index (χ3v) is 6.28. The molecule has 0 aromatic heterocycles. The molecule has 1 aliphatic rings. The fourth-order valence-electron chi connectivity index (χ4n) is 3.37. The lowest BCUT2D eigenvalue weighted by molar-refractivity contribution is 0.0762. The summed E-state index contributed by atoms with van der Waals surface area (Å²) in [5.74, 6) is 1.28. The number of halogens is 1. The number of rotatable bonds is 6. The van der Waals surface area contributed by atoms with Crippen LogP contribution in [0.15, 0.2) is 54.6 Å². The van der Waals surface area contributed by atoms with E-state index in [9.17, 15) is 14.0 Å². The van der Waals surface area contributed by atoms with Crippen LogP contribution in [-0.4, -0.2) is 59.7 Å². The Kier molecular flexibility index (Phi) is 8.13. The van der Waals surface area contributed by atoms with Crippen LogP contribution in [0.25, 0.3) is 0 Å². The van der Waals surface area contributed by atoms with Gasteiger partial charge in [-0.2, -0.15) is 11.8 Å². The monoisotopic (exact) mass is 429 g/mol. The summed E-state index contributed by atoms with van der Waals surface area (Å²) in [6, 6.07) is 15.8. The molecule has 1 saturated heterocycles. The molecule has 1 aliphatic heterocycles. The molecule has 0 spiro atoms. The summed E-state index contributed by atoms with van der Waals surface area (Å²) in [5, 5.41) is 3.07. The van der Waals surface area contributed by atoms with Crippen LogP contribution in [-0.2, 0) is 5.75 Å². The number of carbonyl (C=O) groups is 2. The summed E-state index contributed by atoms with van der Waals surface area (Å²) < 4.78 is 13.1. The number of urea groups is 1. The molecule has 3 rings (SSSR count). The number of hydrogen-bond acceptors (Lipinski definition) is 3. The second kappa shape index (κ2) is 11.0. The largest absolute Gasteiger partial charge is 0.337 e. The maximum atomic E-state index is 13.1. The number of amides is 3. The molecule has 3 amide bonds. The molecule has 0 radical (unpaired) electrons. The Labute approximate surface area is 181 Å². The second-order valence-electron chi connectivity index (χ2n) is 7.49. The summed E-state index contributed by atoms with van der Waals surface area (Å²) in [7, 11) is 0. The molecule has 2 aromatic rings. The van der Waals surface area contributed by atoms with Crippen LogP contribution in [0.3, 0.4) is 0 Å². The van der Waals surface area contributed by atoms with Crippen LogP contribution in [0.5, 0.6) is 0 Å². The van der Waals surface area contributed by atoms with E-state index in [1.807, 2.05) is 25.1 Å². The Balaban J connectivity index is 1.43. The molecule has 1 fully saturated rings. The summed E-state index contributed by atoms with van der Waals surface area (Å²) in [5.41, 5.74) is 1.75. The SMILES string of the molecule is CC(CSCc1ccccc1)NC(=O)N1CCCN(C(=O)c2ccc(F)cc2)CC1. The molecule has 1 N–H and O–H groups in total. The maximum absolute atomic E-state index is 13.1. The van der Waals surface area contributed by atoms with Gasteiger partial charge in [-0.05, 0) is 43.2 Å². The first-order chi connectivity index (χ1) is 14.5. The first-order valence-electron chi connectivity index (χ1n) is 10.2. The Morgan fingerprint density at radius 2 is 1.67 bits per heavy atom. The number of hydrogen-bond donors (Lipinski definition) is 1. The lowest BCUT2D eigenvalue weighted by Crippen LogP contribution is -2.46. The molecule has 7 heteroatoms. The van der Waals surface area contributed by atoms with Crippen molar-refractivity contribution in [3.05, 3.63) is 71.5 Å². The van der Waals surface area contributed by atoms with Gasteiger partial charge in [-0.1, -0.05) is 30.3 Å². The first-order valence-corrected chi connectivity index (χ1v) is 11.4. The second-order valence-corrected chi connectivity index (χ2v) is 8.52. The van der Waals surface area contributed by atoms with Crippen LogP contribution in [0.4, 0.5) is 9.18 Å². The van der Waals surface area contributed by atoms with Gasteiger partial charge in [-0.3, -0.25) is 4.79 Å². The average Bonchev–Trinajstić information content (AvgIpc) is 3.01. The third-order valence-electron chi connectivity index (χ3n) is 5.01. The third kappa shape index (κ3) is 6.49. The number of nitrogens with zero attached hydrogens (tertiary/aromatic N) is 2. The van der Waals surface area contributed by atoms with Gasteiger partial charge in [0.1, 0.15) is 5.82 Å². The fraction of sp³-hybridized carbons (Fsp3) is 0.391. The smallest absolute Gasteiger partial charge is 0.317 e. The predicted octanol–water partition coefficient (Wildman–Crippen LogP) is 4.01. The van der Waals surface area contributed by atoms with E-state index in [2.05, 4.69) is 17.4 Å². The average molecular weight is 430 g/mol. The van der Waals surface area contributed by atoms with Gasteiger partial charge >= 0.3 is 6.03 Å². The van der Waals surface area contributed by atoms with Crippen LogP contribution in [0.1, 0.15) is 29.3 Å². The molecule has 160 valence electrons. The molecule has 1 heterocycles. The highest BCUT2D eigenvalue weighted by Crippen LogP contribution is 2.14. The first kappa shape index (κ1) is 22.2. The van der Waals surface area contributed by atoms with Gasteiger partial charge in [0.2, 0.25) is 0 Å². The fourth-order valence-corrected chi connectivity index (χ4v) is 4.35. The molecule has 0 saturated carbocycles. The molecule has 1 unspecified atom stereocenters. The van der Waals surface area contributed by atoms with Crippen molar-refractivity contribution in [3.63, 3.8) is 0 Å². The van der Waals surface area contributed by atoms with Gasteiger partial charge in [-0.25, -0.2) is 9.18 Å². The van der Waals surface area contributed by atoms with Crippen molar-refractivity contribution in [2.75, 3.05) is 31.9 Å². The van der Waals surface area contributed by atoms with Crippen molar-refractivity contribution in [2.24, 2.45) is 0 Å². The van der Waals surface area contributed by atoms with E-state index in [0.717, 1.165) is 17.9 Å². The van der Waals surface area contributed by atoms with E-state index < -0.39 is 0 Å². The predicted molar refractivity (Wildman–Crippen MR) is 119 cm³/mol. The Morgan fingerprint density at radius 1 is 1.00 bits per heavy atom. The lowest BCUT2D eigenvalue weighted by atomic mass is 10.2. The highest BCUT2D eigenvalue weighted by atomic mass is 32.2. The van der Waals surface area contributed by atoms with Crippen LogP contribution < -0.4 is 5.32 Å². The van der Waals surface area contributed by atoms with E-state index in [1.54, 1.807) is 21.6 Å². The Morgan fingerprint density at radius 3 is 2.40 bits per heavy atom. The Hall–Kier alpha value is -2.54. The number of benzene rings is 2. The molecule has 2 aromatic carbocycles. The summed E-state index contributed by atoms with van der Waals surface area (Å²) in [6.07, 6.45) is 0.720. The van der Waals surface area contributed by atoms with Gasteiger partial charge in [0.15, 0.2) is 0 Å². The summed E-state index contributed by atoms with van der Waals surface area (Å²) >= 11 is 1.80. The summed E-state index contributed by atoms with van der Waals surface area (Å²) in [6.45, 7) is 4.17. The van der Waals surface area contributed by atoms with E-state index in [4.69, 9.17) is 0 Å². The zero-order valence-corrected chi connectivity index (χ0v) is 18.0. The molecular weight excluding hydrogens is 401 g/mol. The van der Waals surface area contributed by atoms with Crippen LogP contribution in [0.2, 0.25) is 0 Å². The zero-order valence-electron chi connectivity index (χ0n) is 17.2. The molecule has 30 heavy (non-hydrogen) atoms. The lowest BCUT2D eigenvalue weighted by Gasteiger charge is -2.24. The number of carbonyl (C=O) groups excluding carboxylic acids is 2. The minimum atomic E-state index is -0.360. The van der Waals surface area contributed by atoms with Crippen molar-refractivity contribution in [1.82, 2.24) is 15.1 Å². The van der Waals surface area contributed by atoms with E-state index in [-0.39, 0.29) is 23.8 Å². The molecule has 0 aliphatic carbocycles. The van der Waals surface area contributed by atoms with Crippen molar-refractivity contribution in [2.45, 2.75) is 25.1 Å². The molecular formula is C23H28FN3O2S. The quantitative estimate of drug-likeness (QED) is 0.755. The highest BCUT2D eigenvalue weighted by molar-refractivity contribution is 7.98. The molecule has 1 atom stereocenters. The number of thioether (sulfide) groups is 1. The van der Waals surface area contributed by atoms with Gasteiger partial charge in [-0.15, -0.1) is 0 Å². The van der Waals surface area contributed by atoms with Crippen molar-refractivity contribution >= 4 is 23.7 Å². The minimum Gasteiger partial charge on any atom is -0.337 e. The zero-order chi connectivity index (χ0) is 21.3. The topological polar surface area (TPSA) is 52.7 Å². The normalized spacial score (nSPS) is 15.4. The van der Waals surface area contributed by atoms with Gasteiger partial charge in [0.05, 0.1) is 0 Å². The Bertz CT molecular complexity index is 832. The molecule has 5 nitrogen and oxygen atoms in total. The van der Waals surface area contributed by atoms with Crippen molar-refractivity contribution in [1.29, 1.82) is 0 Å². The van der Waals surface area contributed by atoms with Gasteiger partial charge in [0.25, 0.3) is 5.91 Å². The minimum absolute atomic E-state index is 0.0615. The standard InChI is InChI=1S/C23H28FN3O2S/c1-18(16-30-17-19-6-3-2-4-7-19)25-23(29)27-13-5-12-26(14-15-27)22(28)20-8-10-21(24)11-9-20/h2-4,6-11,18H,5,12-17H2,1H3,(H,25,29).